The fraction of sp³-hybridized carbons (Fsp3) is 0.625. The van der Waals surface area contributed by atoms with Gasteiger partial charge in [-0.15, -0.1) is 0 Å². The largest absolute Gasteiger partial charge is 0.385 e. The molecule has 1 N–H and O–H groups in total. The molecule has 1 aliphatic carbocycles. The first-order valence-electron chi connectivity index (χ1n) is 6.82. The Kier molecular flexibility index (Phi) is 3.58. The summed E-state index contributed by atoms with van der Waals surface area (Å²) in [6.07, 6.45) is 3.30. The van der Waals surface area contributed by atoms with Gasteiger partial charge in [0.1, 0.15) is 0 Å². The molecule has 1 heteroatoms. The maximum atomic E-state index is 11.0. The van der Waals surface area contributed by atoms with Gasteiger partial charge in [-0.2, -0.15) is 0 Å². The number of benzene rings is 1. The minimum absolute atomic E-state index is 0.361. The third-order valence-corrected chi connectivity index (χ3v) is 4.58. The van der Waals surface area contributed by atoms with Crippen LogP contribution in [0.4, 0.5) is 0 Å². The van der Waals surface area contributed by atoms with Gasteiger partial charge in [-0.3, -0.25) is 0 Å². The third-order valence-electron chi connectivity index (χ3n) is 4.58. The molecular weight excluding hydrogens is 208 g/mol. The van der Waals surface area contributed by atoms with Crippen molar-refractivity contribution in [2.24, 2.45) is 17.8 Å². The van der Waals surface area contributed by atoms with Crippen LogP contribution < -0.4 is 0 Å². The highest BCUT2D eigenvalue weighted by Crippen LogP contribution is 2.45. The average Bonchev–Trinajstić information content (AvgIpc) is 2.33. The summed E-state index contributed by atoms with van der Waals surface area (Å²) in [6.45, 7) is 6.72. The van der Waals surface area contributed by atoms with Crippen LogP contribution in [0.15, 0.2) is 30.3 Å². The van der Waals surface area contributed by atoms with Gasteiger partial charge < -0.3 is 5.11 Å². The Morgan fingerprint density at radius 2 is 1.82 bits per heavy atom. The summed E-state index contributed by atoms with van der Waals surface area (Å²) in [5.74, 6) is 1.68. The molecule has 1 fully saturated rings. The van der Waals surface area contributed by atoms with Crippen molar-refractivity contribution >= 4 is 0 Å². The van der Waals surface area contributed by atoms with Crippen molar-refractivity contribution in [2.45, 2.75) is 45.6 Å². The zero-order chi connectivity index (χ0) is 12.5. The van der Waals surface area contributed by atoms with E-state index in [1.54, 1.807) is 0 Å². The highest BCUT2D eigenvalue weighted by atomic mass is 16.3. The van der Waals surface area contributed by atoms with Crippen LogP contribution in [0.25, 0.3) is 0 Å². The molecule has 1 aromatic rings. The second-order valence-corrected chi connectivity index (χ2v) is 5.98. The van der Waals surface area contributed by atoms with Crippen molar-refractivity contribution in [3.05, 3.63) is 35.9 Å². The molecule has 1 nitrogen and oxygen atoms in total. The molecule has 0 heterocycles. The fourth-order valence-corrected chi connectivity index (χ4v) is 3.10. The van der Waals surface area contributed by atoms with Crippen LogP contribution in [0.1, 0.15) is 45.6 Å². The van der Waals surface area contributed by atoms with Gasteiger partial charge in [0, 0.05) is 0 Å². The lowest BCUT2D eigenvalue weighted by molar-refractivity contribution is -0.0725. The fourth-order valence-electron chi connectivity index (χ4n) is 3.10. The molecule has 0 saturated heterocycles. The lowest BCUT2D eigenvalue weighted by Gasteiger charge is -2.43. The second-order valence-electron chi connectivity index (χ2n) is 5.98. The Balaban J connectivity index is 2.27. The van der Waals surface area contributed by atoms with Crippen LogP contribution in [0.5, 0.6) is 0 Å². The summed E-state index contributed by atoms with van der Waals surface area (Å²) in [6, 6.07) is 10.2. The molecule has 94 valence electrons. The number of hydrogen-bond donors (Lipinski definition) is 1. The maximum absolute atomic E-state index is 11.0. The van der Waals surface area contributed by atoms with Crippen LogP contribution in [0, 0.1) is 17.8 Å². The minimum Gasteiger partial charge on any atom is -0.385 e. The van der Waals surface area contributed by atoms with Gasteiger partial charge >= 0.3 is 0 Å². The maximum Gasteiger partial charge on any atom is 0.0924 e. The minimum atomic E-state index is -0.617. The molecule has 0 aromatic heterocycles. The summed E-state index contributed by atoms with van der Waals surface area (Å²) in [5.41, 5.74) is 0.479. The van der Waals surface area contributed by atoms with Crippen LogP contribution in [0.2, 0.25) is 0 Å². The summed E-state index contributed by atoms with van der Waals surface area (Å²) < 4.78 is 0. The van der Waals surface area contributed by atoms with Gasteiger partial charge in [0.05, 0.1) is 5.60 Å². The Bertz CT molecular complexity index is 357. The predicted octanol–water partition coefficient (Wildman–Crippen LogP) is 3.97. The molecule has 0 amide bonds. The quantitative estimate of drug-likeness (QED) is 0.818. The lowest BCUT2D eigenvalue weighted by Crippen LogP contribution is -2.40. The van der Waals surface area contributed by atoms with E-state index in [1.165, 1.54) is 6.42 Å². The Labute approximate surface area is 105 Å². The molecular formula is C16H24O. The normalized spacial score (nSPS) is 33.9. The van der Waals surface area contributed by atoms with Gasteiger partial charge in [0.15, 0.2) is 0 Å². The number of aliphatic hydroxyl groups is 1. The standard InChI is InChI=1S/C16H24O/c1-12(2)14-10-9-13(3)16(17,11-14)15-7-5-4-6-8-15/h4-8,12-14,17H,9-11H2,1-3H3/t13?,14-,16?/m0/s1. The first-order valence-corrected chi connectivity index (χ1v) is 6.82. The lowest BCUT2D eigenvalue weighted by atomic mass is 9.66. The molecule has 0 bridgehead atoms. The van der Waals surface area contributed by atoms with Gasteiger partial charge in [-0.25, -0.2) is 0 Å². The van der Waals surface area contributed by atoms with Crippen LogP contribution in [-0.2, 0) is 5.60 Å². The molecule has 1 aliphatic rings. The van der Waals surface area contributed by atoms with E-state index in [0.717, 1.165) is 18.4 Å². The zero-order valence-electron chi connectivity index (χ0n) is 11.2. The van der Waals surface area contributed by atoms with Crippen LogP contribution in [-0.4, -0.2) is 5.11 Å². The third kappa shape index (κ3) is 2.40. The van der Waals surface area contributed by atoms with Crippen molar-refractivity contribution in [2.75, 3.05) is 0 Å². The molecule has 2 unspecified atom stereocenters. The van der Waals surface area contributed by atoms with Crippen molar-refractivity contribution in [3.8, 4) is 0 Å². The highest BCUT2D eigenvalue weighted by Gasteiger charge is 2.41. The Hall–Kier alpha value is -0.820. The topological polar surface area (TPSA) is 20.2 Å². The SMILES string of the molecule is CC(C)[C@H]1CCC(C)C(O)(c2ccccc2)C1. The van der Waals surface area contributed by atoms with Gasteiger partial charge in [-0.05, 0) is 42.6 Å². The van der Waals surface area contributed by atoms with Crippen molar-refractivity contribution in [3.63, 3.8) is 0 Å². The second kappa shape index (κ2) is 4.81. The molecule has 0 radical (unpaired) electrons. The molecule has 17 heavy (non-hydrogen) atoms. The summed E-state index contributed by atoms with van der Waals surface area (Å²) in [7, 11) is 0. The van der Waals surface area contributed by atoms with E-state index in [9.17, 15) is 5.11 Å². The molecule has 2 rings (SSSR count). The Morgan fingerprint density at radius 3 is 2.41 bits per heavy atom. The van der Waals surface area contributed by atoms with Gasteiger partial charge in [-0.1, -0.05) is 51.1 Å². The van der Waals surface area contributed by atoms with Crippen LogP contribution in [0.3, 0.4) is 0 Å². The first kappa shape index (κ1) is 12.6. The van der Waals surface area contributed by atoms with Crippen molar-refractivity contribution < 1.29 is 5.11 Å². The number of hydrogen-bond acceptors (Lipinski definition) is 1. The van der Waals surface area contributed by atoms with Crippen molar-refractivity contribution in [1.29, 1.82) is 0 Å². The van der Waals surface area contributed by atoms with E-state index in [2.05, 4.69) is 32.9 Å². The molecule has 3 atom stereocenters. The average molecular weight is 232 g/mol. The van der Waals surface area contributed by atoms with E-state index in [1.807, 2.05) is 18.2 Å². The summed E-state index contributed by atoms with van der Waals surface area (Å²) in [5, 5.41) is 11.0. The van der Waals surface area contributed by atoms with E-state index in [0.29, 0.717) is 17.8 Å². The monoisotopic (exact) mass is 232 g/mol. The Morgan fingerprint density at radius 1 is 1.18 bits per heavy atom. The van der Waals surface area contributed by atoms with E-state index < -0.39 is 5.60 Å². The van der Waals surface area contributed by atoms with E-state index >= 15 is 0 Å². The molecule has 1 saturated carbocycles. The summed E-state index contributed by atoms with van der Waals surface area (Å²) in [4.78, 5) is 0. The highest BCUT2D eigenvalue weighted by molar-refractivity contribution is 5.24. The van der Waals surface area contributed by atoms with E-state index in [-0.39, 0.29) is 0 Å². The smallest absolute Gasteiger partial charge is 0.0924 e. The zero-order valence-corrected chi connectivity index (χ0v) is 11.2. The van der Waals surface area contributed by atoms with Crippen molar-refractivity contribution in [1.82, 2.24) is 0 Å². The molecule has 0 aliphatic heterocycles. The molecule has 0 spiro atoms. The first-order chi connectivity index (χ1) is 8.04. The van der Waals surface area contributed by atoms with Gasteiger partial charge in [0.2, 0.25) is 0 Å². The van der Waals surface area contributed by atoms with E-state index in [4.69, 9.17) is 0 Å². The summed E-state index contributed by atoms with van der Waals surface area (Å²) >= 11 is 0. The predicted molar refractivity (Wildman–Crippen MR) is 71.7 cm³/mol. The molecule has 1 aromatic carbocycles. The van der Waals surface area contributed by atoms with Crippen LogP contribution >= 0.6 is 0 Å². The number of rotatable bonds is 2. The van der Waals surface area contributed by atoms with Gasteiger partial charge in [0.25, 0.3) is 0 Å².